The van der Waals surface area contributed by atoms with E-state index in [0.29, 0.717) is 13.1 Å². The van der Waals surface area contributed by atoms with E-state index in [-0.39, 0.29) is 36.1 Å². The Kier molecular flexibility index (Phi) is 8.26. The first-order valence-electron chi connectivity index (χ1n) is 7.57. The molecule has 0 saturated carbocycles. The fourth-order valence-corrected chi connectivity index (χ4v) is 2.33. The Hall–Kier alpha value is -1.27. The molecule has 3 nitrogen and oxygen atoms in total. The number of halogens is 4. The van der Waals surface area contributed by atoms with Crippen LogP contribution < -0.4 is 5.73 Å². The van der Waals surface area contributed by atoms with Gasteiger partial charge in [0.05, 0.1) is 5.56 Å². The lowest BCUT2D eigenvalue weighted by Gasteiger charge is -2.29. The van der Waals surface area contributed by atoms with Crippen molar-refractivity contribution in [2.75, 3.05) is 20.1 Å². The van der Waals surface area contributed by atoms with Crippen molar-refractivity contribution >= 4 is 18.3 Å². The zero-order valence-corrected chi connectivity index (χ0v) is 15.3. The van der Waals surface area contributed by atoms with Gasteiger partial charge in [0.2, 0.25) is 5.91 Å². The largest absolute Gasteiger partial charge is 0.416 e. The molecule has 7 heteroatoms. The molecule has 0 aliphatic rings. The summed E-state index contributed by atoms with van der Waals surface area (Å²) in [6.45, 7) is 6.82. The predicted molar refractivity (Wildman–Crippen MR) is 92.2 cm³/mol. The van der Waals surface area contributed by atoms with E-state index < -0.39 is 11.7 Å². The minimum atomic E-state index is -4.34. The smallest absolute Gasteiger partial charge is 0.345 e. The number of rotatable bonds is 6. The standard InChI is InChI=1S/C17H25F3N2O.ClH/c1-12(9-15(23)22(4)11-16(2,3)10-21)13-5-7-14(8-6-13)17(18,19)20;/h5-8,12H,9-11,21H2,1-4H3;1H. The second kappa shape index (κ2) is 8.72. The lowest BCUT2D eigenvalue weighted by molar-refractivity contribution is -0.137. The number of nitrogens with two attached hydrogens (primary N) is 1. The summed E-state index contributed by atoms with van der Waals surface area (Å²) in [6, 6.07) is 4.98. The second-order valence-corrected chi connectivity index (χ2v) is 6.84. The summed E-state index contributed by atoms with van der Waals surface area (Å²) in [7, 11) is 1.72. The number of carbonyl (C=O) groups is 1. The Morgan fingerprint density at radius 2 is 1.71 bits per heavy atom. The minimum absolute atomic E-state index is 0. The number of alkyl halides is 3. The number of hydrogen-bond acceptors (Lipinski definition) is 2. The fourth-order valence-electron chi connectivity index (χ4n) is 2.33. The molecule has 0 aliphatic heterocycles. The van der Waals surface area contributed by atoms with E-state index in [1.165, 1.54) is 12.1 Å². The molecule has 138 valence electrons. The Labute approximate surface area is 147 Å². The number of carbonyl (C=O) groups excluding carboxylic acids is 1. The molecule has 0 saturated heterocycles. The molecule has 1 amide bonds. The van der Waals surface area contributed by atoms with Crippen molar-refractivity contribution in [3.63, 3.8) is 0 Å². The molecule has 0 heterocycles. The van der Waals surface area contributed by atoms with Crippen LogP contribution in [0.1, 0.15) is 44.2 Å². The van der Waals surface area contributed by atoms with Crippen LogP contribution in [0.4, 0.5) is 13.2 Å². The first-order chi connectivity index (χ1) is 10.5. The minimum Gasteiger partial charge on any atom is -0.345 e. The average molecular weight is 367 g/mol. The summed E-state index contributed by atoms with van der Waals surface area (Å²) in [5, 5.41) is 0. The van der Waals surface area contributed by atoms with Gasteiger partial charge in [-0.3, -0.25) is 4.79 Å². The van der Waals surface area contributed by atoms with Crippen molar-refractivity contribution in [1.82, 2.24) is 4.90 Å². The van der Waals surface area contributed by atoms with Gasteiger partial charge in [0.15, 0.2) is 0 Å². The van der Waals surface area contributed by atoms with Crippen LogP contribution in [0.3, 0.4) is 0 Å². The molecule has 1 atom stereocenters. The van der Waals surface area contributed by atoms with Crippen molar-refractivity contribution in [2.45, 2.75) is 39.3 Å². The molecule has 0 bridgehead atoms. The van der Waals surface area contributed by atoms with E-state index in [2.05, 4.69) is 0 Å². The molecule has 1 rings (SSSR count). The SMILES string of the molecule is CC(CC(=O)N(C)CC(C)(C)CN)c1ccc(C(F)(F)F)cc1.Cl. The van der Waals surface area contributed by atoms with Crippen LogP contribution in [0, 0.1) is 5.41 Å². The highest BCUT2D eigenvalue weighted by Crippen LogP contribution is 2.30. The zero-order chi connectivity index (χ0) is 17.8. The number of hydrogen-bond donors (Lipinski definition) is 1. The maximum Gasteiger partial charge on any atom is 0.416 e. The van der Waals surface area contributed by atoms with E-state index in [1.54, 1.807) is 11.9 Å². The lowest BCUT2D eigenvalue weighted by atomic mass is 9.92. The van der Waals surface area contributed by atoms with Crippen LogP contribution in [0.25, 0.3) is 0 Å². The Morgan fingerprint density at radius 3 is 2.12 bits per heavy atom. The molecule has 2 N–H and O–H groups in total. The van der Waals surface area contributed by atoms with Crippen molar-refractivity contribution in [3.8, 4) is 0 Å². The Bertz CT molecular complexity index is 530. The van der Waals surface area contributed by atoms with Crippen molar-refractivity contribution in [3.05, 3.63) is 35.4 Å². The monoisotopic (exact) mass is 366 g/mol. The highest BCUT2D eigenvalue weighted by atomic mass is 35.5. The third kappa shape index (κ3) is 6.69. The third-order valence-corrected chi connectivity index (χ3v) is 3.93. The predicted octanol–water partition coefficient (Wildman–Crippen LogP) is 4.06. The van der Waals surface area contributed by atoms with Gasteiger partial charge in [-0.2, -0.15) is 13.2 Å². The number of nitrogens with zero attached hydrogens (tertiary/aromatic N) is 1. The average Bonchev–Trinajstić information content (AvgIpc) is 2.46. The molecule has 24 heavy (non-hydrogen) atoms. The van der Waals surface area contributed by atoms with E-state index in [0.717, 1.165) is 17.7 Å². The fraction of sp³-hybridized carbons (Fsp3) is 0.588. The molecule has 0 fully saturated rings. The molecule has 1 aromatic carbocycles. The Balaban J connectivity index is 0.00000529. The van der Waals surface area contributed by atoms with E-state index >= 15 is 0 Å². The summed E-state index contributed by atoms with van der Waals surface area (Å²) < 4.78 is 37.7. The molecule has 1 unspecified atom stereocenters. The lowest BCUT2D eigenvalue weighted by Crippen LogP contribution is -2.40. The van der Waals surface area contributed by atoms with Crippen molar-refractivity contribution in [1.29, 1.82) is 0 Å². The number of amides is 1. The van der Waals surface area contributed by atoms with E-state index in [9.17, 15) is 18.0 Å². The van der Waals surface area contributed by atoms with Crippen molar-refractivity contribution in [2.24, 2.45) is 11.1 Å². The molecule has 0 radical (unpaired) electrons. The normalized spacial score (nSPS) is 13.2. The summed E-state index contributed by atoms with van der Waals surface area (Å²) in [5.74, 6) is -0.188. The van der Waals surface area contributed by atoms with Gasteiger partial charge in [0.1, 0.15) is 0 Å². The maximum absolute atomic E-state index is 12.6. The molecule has 1 aromatic rings. The van der Waals surface area contributed by atoms with Gasteiger partial charge in [0.25, 0.3) is 0 Å². The van der Waals surface area contributed by atoms with Gasteiger partial charge in [-0.1, -0.05) is 32.9 Å². The van der Waals surface area contributed by atoms with E-state index in [1.807, 2.05) is 20.8 Å². The topological polar surface area (TPSA) is 46.3 Å². The van der Waals surface area contributed by atoms with Crippen LogP contribution >= 0.6 is 12.4 Å². The first-order valence-corrected chi connectivity index (χ1v) is 7.57. The highest BCUT2D eigenvalue weighted by molar-refractivity contribution is 5.85. The van der Waals surface area contributed by atoms with Gasteiger partial charge >= 0.3 is 6.18 Å². The van der Waals surface area contributed by atoms with Crippen molar-refractivity contribution < 1.29 is 18.0 Å². The second-order valence-electron chi connectivity index (χ2n) is 6.84. The zero-order valence-electron chi connectivity index (χ0n) is 14.5. The maximum atomic E-state index is 12.6. The molecule has 0 aromatic heterocycles. The van der Waals surface area contributed by atoms with Gasteiger partial charge in [-0.05, 0) is 35.6 Å². The quantitative estimate of drug-likeness (QED) is 0.825. The van der Waals surface area contributed by atoms with Gasteiger partial charge in [-0.15, -0.1) is 12.4 Å². The highest BCUT2D eigenvalue weighted by Gasteiger charge is 2.30. The number of benzene rings is 1. The summed E-state index contributed by atoms with van der Waals surface area (Å²) in [4.78, 5) is 13.9. The van der Waals surface area contributed by atoms with Gasteiger partial charge in [-0.25, -0.2) is 0 Å². The third-order valence-electron chi connectivity index (χ3n) is 3.93. The van der Waals surface area contributed by atoms with Crippen LogP contribution in [-0.4, -0.2) is 30.9 Å². The van der Waals surface area contributed by atoms with Crippen LogP contribution in [0.5, 0.6) is 0 Å². The Morgan fingerprint density at radius 1 is 1.21 bits per heavy atom. The first kappa shape index (κ1) is 22.7. The molecule has 0 spiro atoms. The summed E-state index contributed by atoms with van der Waals surface area (Å²) >= 11 is 0. The summed E-state index contributed by atoms with van der Waals surface area (Å²) in [6.07, 6.45) is -4.09. The van der Waals surface area contributed by atoms with Crippen LogP contribution in [0.15, 0.2) is 24.3 Å². The van der Waals surface area contributed by atoms with E-state index in [4.69, 9.17) is 5.73 Å². The van der Waals surface area contributed by atoms with Gasteiger partial charge in [0, 0.05) is 20.0 Å². The molecular weight excluding hydrogens is 341 g/mol. The molecular formula is C17H26ClF3N2O. The van der Waals surface area contributed by atoms with Crippen LogP contribution in [-0.2, 0) is 11.0 Å². The van der Waals surface area contributed by atoms with Gasteiger partial charge < -0.3 is 10.6 Å². The molecule has 0 aliphatic carbocycles. The van der Waals surface area contributed by atoms with Crippen LogP contribution in [0.2, 0.25) is 0 Å². The summed E-state index contributed by atoms with van der Waals surface area (Å²) in [5.41, 5.74) is 5.54.